The summed E-state index contributed by atoms with van der Waals surface area (Å²) in [6.45, 7) is 5.43. The Bertz CT molecular complexity index is 679. The van der Waals surface area contributed by atoms with Crippen LogP contribution in [0.5, 0.6) is 0 Å². The molecule has 6 heteroatoms. The van der Waals surface area contributed by atoms with Crippen LogP contribution in [0.15, 0.2) is 30.5 Å². The first-order valence-electron chi connectivity index (χ1n) is 8.25. The fraction of sp³-hybridized carbons (Fsp3) is 0.444. The maximum absolute atomic E-state index is 13.0. The predicted molar refractivity (Wildman–Crippen MR) is 89.5 cm³/mol. The summed E-state index contributed by atoms with van der Waals surface area (Å²) in [5.41, 5.74) is 2.07. The fourth-order valence-corrected chi connectivity index (χ4v) is 2.93. The van der Waals surface area contributed by atoms with E-state index in [0.717, 1.165) is 30.8 Å². The van der Waals surface area contributed by atoms with Gasteiger partial charge >= 0.3 is 0 Å². The van der Waals surface area contributed by atoms with Crippen molar-refractivity contribution in [3.05, 3.63) is 53.4 Å². The molecule has 0 N–H and O–H groups in total. The van der Waals surface area contributed by atoms with Gasteiger partial charge in [-0.1, -0.05) is 6.07 Å². The third-order valence-corrected chi connectivity index (χ3v) is 4.00. The van der Waals surface area contributed by atoms with Crippen molar-refractivity contribution in [2.24, 2.45) is 0 Å². The second-order valence-corrected chi connectivity index (χ2v) is 6.08. The lowest BCUT2D eigenvalue weighted by atomic mass is 10.2. The van der Waals surface area contributed by atoms with Crippen LogP contribution in [0, 0.1) is 13.8 Å². The van der Waals surface area contributed by atoms with E-state index < -0.39 is 0 Å². The van der Waals surface area contributed by atoms with Gasteiger partial charge in [-0.15, -0.1) is 0 Å². The minimum absolute atomic E-state index is 0.0849. The van der Waals surface area contributed by atoms with Crippen LogP contribution < -0.4 is 0 Å². The molecule has 3 heterocycles. The highest BCUT2D eigenvalue weighted by atomic mass is 16.5. The summed E-state index contributed by atoms with van der Waals surface area (Å²) in [5, 5.41) is 0. The number of hydrogen-bond acceptors (Lipinski definition) is 5. The summed E-state index contributed by atoms with van der Waals surface area (Å²) in [7, 11) is 0. The first-order chi connectivity index (χ1) is 11.6. The van der Waals surface area contributed by atoms with Gasteiger partial charge in [-0.25, -0.2) is 9.97 Å². The van der Waals surface area contributed by atoms with Crippen molar-refractivity contribution >= 4 is 5.91 Å². The number of aromatic nitrogens is 3. The summed E-state index contributed by atoms with van der Waals surface area (Å²) < 4.78 is 5.71. The fourth-order valence-electron chi connectivity index (χ4n) is 2.93. The lowest BCUT2D eigenvalue weighted by Crippen LogP contribution is -2.37. The number of pyridine rings is 1. The van der Waals surface area contributed by atoms with E-state index in [9.17, 15) is 4.79 Å². The van der Waals surface area contributed by atoms with E-state index in [1.54, 1.807) is 24.1 Å². The molecule has 2 aromatic heterocycles. The molecule has 1 fully saturated rings. The zero-order valence-corrected chi connectivity index (χ0v) is 14.1. The third-order valence-electron chi connectivity index (χ3n) is 4.00. The molecule has 0 aromatic carbocycles. The van der Waals surface area contributed by atoms with Crippen molar-refractivity contribution in [2.45, 2.75) is 39.3 Å². The SMILES string of the molecule is Cc1cc(C(=O)N(Cc2ccccn2)CC2CCCO2)nc(C)n1. The highest BCUT2D eigenvalue weighted by Gasteiger charge is 2.25. The molecule has 1 atom stereocenters. The second-order valence-electron chi connectivity index (χ2n) is 6.08. The molecule has 1 aliphatic rings. The van der Waals surface area contributed by atoms with Gasteiger partial charge in [0.25, 0.3) is 5.91 Å². The largest absolute Gasteiger partial charge is 0.376 e. The molecule has 0 bridgehead atoms. The van der Waals surface area contributed by atoms with E-state index in [1.165, 1.54) is 0 Å². The first kappa shape index (κ1) is 16.5. The minimum Gasteiger partial charge on any atom is -0.376 e. The normalized spacial score (nSPS) is 17.0. The molecule has 1 unspecified atom stereocenters. The maximum atomic E-state index is 13.0. The van der Waals surface area contributed by atoms with Crippen molar-refractivity contribution in [1.29, 1.82) is 0 Å². The lowest BCUT2D eigenvalue weighted by Gasteiger charge is -2.25. The van der Waals surface area contributed by atoms with Crippen LogP contribution in [-0.4, -0.2) is 45.0 Å². The molecule has 2 aromatic rings. The van der Waals surface area contributed by atoms with Gasteiger partial charge < -0.3 is 9.64 Å². The van der Waals surface area contributed by atoms with Gasteiger partial charge in [-0.2, -0.15) is 0 Å². The van der Waals surface area contributed by atoms with E-state index in [4.69, 9.17) is 4.74 Å². The number of rotatable bonds is 5. The van der Waals surface area contributed by atoms with Crippen LogP contribution >= 0.6 is 0 Å². The Kier molecular flexibility index (Phi) is 5.15. The Hall–Kier alpha value is -2.34. The molecular formula is C18H22N4O2. The summed E-state index contributed by atoms with van der Waals surface area (Å²) in [6, 6.07) is 7.45. The van der Waals surface area contributed by atoms with Gasteiger partial charge in [0.2, 0.25) is 0 Å². The molecule has 0 saturated carbocycles. The van der Waals surface area contributed by atoms with Crippen LogP contribution in [0.3, 0.4) is 0 Å². The molecule has 126 valence electrons. The van der Waals surface area contributed by atoms with Gasteiger partial charge in [-0.3, -0.25) is 9.78 Å². The van der Waals surface area contributed by atoms with Crippen molar-refractivity contribution in [3.63, 3.8) is 0 Å². The molecule has 3 rings (SSSR count). The highest BCUT2D eigenvalue weighted by molar-refractivity contribution is 5.92. The number of carbonyl (C=O) groups excluding carboxylic acids is 1. The van der Waals surface area contributed by atoms with Gasteiger partial charge in [-0.05, 0) is 44.9 Å². The maximum Gasteiger partial charge on any atom is 0.273 e. The van der Waals surface area contributed by atoms with Crippen molar-refractivity contribution in [2.75, 3.05) is 13.2 Å². The van der Waals surface area contributed by atoms with Crippen molar-refractivity contribution < 1.29 is 9.53 Å². The molecular weight excluding hydrogens is 304 g/mol. The average molecular weight is 326 g/mol. The predicted octanol–water partition coefficient (Wildman–Crippen LogP) is 2.31. The van der Waals surface area contributed by atoms with E-state index in [-0.39, 0.29) is 12.0 Å². The second kappa shape index (κ2) is 7.49. The first-order valence-corrected chi connectivity index (χ1v) is 8.25. The van der Waals surface area contributed by atoms with Crippen molar-refractivity contribution in [1.82, 2.24) is 19.9 Å². The Morgan fingerprint density at radius 3 is 2.88 bits per heavy atom. The molecule has 0 radical (unpaired) electrons. The van der Waals surface area contributed by atoms with E-state index in [1.807, 2.05) is 25.1 Å². The number of hydrogen-bond donors (Lipinski definition) is 0. The third kappa shape index (κ3) is 4.14. The number of nitrogens with zero attached hydrogens (tertiary/aromatic N) is 4. The van der Waals surface area contributed by atoms with Crippen LogP contribution in [0.4, 0.5) is 0 Å². The summed E-state index contributed by atoms with van der Waals surface area (Å²) in [5.74, 6) is 0.498. The Balaban J connectivity index is 1.83. The van der Waals surface area contributed by atoms with Gasteiger partial charge in [0.1, 0.15) is 11.5 Å². The molecule has 1 aliphatic heterocycles. The summed E-state index contributed by atoms with van der Waals surface area (Å²) in [6.07, 6.45) is 3.85. The zero-order chi connectivity index (χ0) is 16.9. The highest BCUT2D eigenvalue weighted by Crippen LogP contribution is 2.16. The van der Waals surface area contributed by atoms with Crippen molar-refractivity contribution in [3.8, 4) is 0 Å². The van der Waals surface area contributed by atoms with Gasteiger partial charge in [0.15, 0.2) is 0 Å². The smallest absolute Gasteiger partial charge is 0.273 e. The Morgan fingerprint density at radius 2 is 2.21 bits per heavy atom. The molecule has 6 nitrogen and oxygen atoms in total. The molecule has 0 spiro atoms. The topological polar surface area (TPSA) is 68.2 Å². The number of ether oxygens (including phenoxy) is 1. The van der Waals surface area contributed by atoms with Crippen LogP contribution in [0.25, 0.3) is 0 Å². The van der Waals surface area contributed by atoms with Crippen LogP contribution in [0.2, 0.25) is 0 Å². The van der Waals surface area contributed by atoms with Crippen LogP contribution in [0.1, 0.15) is 40.5 Å². The summed E-state index contributed by atoms with van der Waals surface area (Å²) >= 11 is 0. The monoisotopic (exact) mass is 326 g/mol. The minimum atomic E-state index is -0.107. The number of amides is 1. The number of carbonyl (C=O) groups is 1. The van der Waals surface area contributed by atoms with Gasteiger partial charge in [0, 0.05) is 25.0 Å². The van der Waals surface area contributed by atoms with Gasteiger partial charge in [0.05, 0.1) is 18.3 Å². The van der Waals surface area contributed by atoms with E-state index in [0.29, 0.717) is 24.6 Å². The molecule has 0 aliphatic carbocycles. The molecule has 1 saturated heterocycles. The Morgan fingerprint density at radius 1 is 1.33 bits per heavy atom. The molecule has 24 heavy (non-hydrogen) atoms. The quantitative estimate of drug-likeness (QED) is 0.843. The Labute approximate surface area is 141 Å². The zero-order valence-electron chi connectivity index (χ0n) is 14.1. The standard InChI is InChI=1S/C18H22N4O2/c1-13-10-17(21-14(2)20-13)18(23)22(12-16-7-5-9-24-16)11-15-6-3-4-8-19-15/h3-4,6,8,10,16H,5,7,9,11-12H2,1-2H3. The van der Waals surface area contributed by atoms with E-state index >= 15 is 0 Å². The van der Waals surface area contributed by atoms with E-state index in [2.05, 4.69) is 15.0 Å². The lowest BCUT2D eigenvalue weighted by molar-refractivity contribution is 0.0499. The van der Waals surface area contributed by atoms with Crippen LogP contribution in [-0.2, 0) is 11.3 Å². The molecule has 1 amide bonds. The number of aryl methyl sites for hydroxylation is 2. The average Bonchev–Trinajstić information content (AvgIpc) is 3.07. The summed E-state index contributed by atoms with van der Waals surface area (Å²) in [4.78, 5) is 27.7.